The highest BCUT2D eigenvalue weighted by Crippen LogP contribution is 2.42. The standard InChI is InChI=1S/C21H35NO4Si/c1-15(2)27(16(3)4,17(5)6)12-10-9-11-18(24-7)13-20-22-19(14-26-20)21(23)25-8/h9-12,14-18H,13H2,1-8H3/b11-9+,12-10-/t18-/m0/s1. The van der Waals surface area contributed by atoms with Crippen molar-refractivity contribution in [2.24, 2.45) is 0 Å². The molecule has 0 N–H and O–H groups in total. The van der Waals surface area contributed by atoms with Crippen molar-refractivity contribution < 1.29 is 18.7 Å². The van der Waals surface area contributed by atoms with Crippen molar-refractivity contribution in [2.45, 2.75) is 70.7 Å². The van der Waals surface area contributed by atoms with Crippen molar-refractivity contribution in [3.05, 3.63) is 41.8 Å². The summed E-state index contributed by atoms with van der Waals surface area (Å²) in [6, 6.07) is 0. The number of allylic oxidation sites excluding steroid dienone is 2. The fraction of sp³-hybridized carbons (Fsp3) is 0.619. The molecule has 1 rings (SSSR count). The average molecular weight is 394 g/mol. The van der Waals surface area contributed by atoms with Crippen molar-refractivity contribution >= 4 is 14.0 Å². The number of hydrogen-bond donors (Lipinski definition) is 0. The number of aromatic nitrogens is 1. The van der Waals surface area contributed by atoms with E-state index in [0.717, 1.165) is 0 Å². The Morgan fingerprint density at radius 3 is 2.19 bits per heavy atom. The van der Waals surface area contributed by atoms with Crippen LogP contribution >= 0.6 is 0 Å². The van der Waals surface area contributed by atoms with Crippen LogP contribution in [0.5, 0.6) is 0 Å². The van der Waals surface area contributed by atoms with E-state index in [9.17, 15) is 4.79 Å². The summed E-state index contributed by atoms with van der Waals surface area (Å²) < 4.78 is 15.5. The van der Waals surface area contributed by atoms with Crippen LogP contribution in [0, 0.1) is 0 Å². The normalized spacial score (nSPS) is 14.2. The Hall–Kier alpha value is -1.66. The number of nitrogens with zero attached hydrogens (tertiary/aromatic N) is 1. The van der Waals surface area contributed by atoms with Crippen molar-refractivity contribution in [3.63, 3.8) is 0 Å². The SMILES string of the molecule is COC(=O)c1coc(C[C@H](/C=C/C=C\[Si](C(C)C)(C(C)C)C(C)C)OC)n1. The maximum atomic E-state index is 11.5. The van der Waals surface area contributed by atoms with Gasteiger partial charge in [-0.15, -0.1) is 0 Å². The summed E-state index contributed by atoms with van der Waals surface area (Å²) in [5, 5.41) is 0. The number of oxazole rings is 1. The molecule has 27 heavy (non-hydrogen) atoms. The highest BCUT2D eigenvalue weighted by atomic mass is 28.3. The van der Waals surface area contributed by atoms with Crippen molar-refractivity contribution in [3.8, 4) is 0 Å². The summed E-state index contributed by atoms with van der Waals surface area (Å²) in [6.45, 7) is 14.1. The predicted molar refractivity (Wildman–Crippen MR) is 112 cm³/mol. The number of esters is 1. The van der Waals surface area contributed by atoms with E-state index in [2.05, 4.69) is 63.0 Å². The number of ether oxygens (including phenoxy) is 2. The summed E-state index contributed by atoms with van der Waals surface area (Å²) >= 11 is 0. The maximum absolute atomic E-state index is 11.5. The van der Waals surface area contributed by atoms with Gasteiger partial charge >= 0.3 is 5.97 Å². The molecular weight excluding hydrogens is 358 g/mol. The zero-order chi connectivity index (χ0) is 20.6. The van der Waals surface area contributed by atoms with Gasteiger partial charge in [-0.3, -0.25) is 0 Å². The Bertz CT molecular complexity index is 625. The number of carbonyl (C=O) groups is 1. The lowest BCUT2D eigenvalue weighted by Gasteiger charge is -2.40. The van der Waals surface area contributed by atoms with Gasteiger partial charge in [0.25, 0.3) is 0 Å². The fourth-order valence-corrected chi connectivity index (χ4v) is 9.59. The molecule has 0 amide bonds. The zero-order valence-corrected chi connectivity index (χ0v) is 19.0. The summed E-state index contributed by atoms with van der Waals surface area (Å²) in [6.07, 6.45) is 7.82. The average Bonchev–Trinajstić information content (AvgIpc) is 3.07. The third kappa shape index (κ3) is 5.91. The highest BCUT2D eigenvalue weighted by Gasteiger charge is 2.39. The molecule has 1 aromatic heterocycles. The second-order valence-electron chi connectivity index (χ2n) is 7.80. The third-order valence-electron chi connectivity index (χ3n) is 5.45. The van der Waals surface area contributed by atoms with E-state index in [4.69, 9.17) is 9.15 Å². The molecule has 1 heterocycles. The molecule has 0 aliphatic heterocycles. The first-order valence-corrected chi connectivity index (χ1v) is 11.9. The van der Waals surface area contributed by atoms with E-state index in [1.165, 1.54) is 13.4 Å². The molecule has 0 saturated carbocycles. The first-order chi connectivity index (χ1) is 12.7. The van der Waals surface area contributed by atoms with Crippen molar-refractivity contribution in [1.29, 1.82) is 0 Å². The molecule has 0 radical (unpaired) electrons. The molecule has 0 spiro atoms. The van der Waals surface area contributed by atoms with Gasteiger partial charge in [-0.2, -0.15) is 0 Å². The maximum Gasteiger partial charge on any atom is 0.360 e. The van der Waals surface area contributed by atoms with Gasteiger partial charge in [0.1, 0.15) is 6.26 Å². The third-order valence-corrected chi connectivity index (χ3v) is 12.2. The largest absolute Gasteiger partial charge is 0.464 e. The van der Waals surface area contributed by atoms with Crippen molar-refractivity contribution in [2.75, 3.05) is 14.2 Å². The van der Waals surface area contributed by atoms with Gasteiger partial charge in [0.2, 0.25) is 0 Å². The monoisotopic (exact) mass is 393 g/mol. The van der Waals surface area contributed by atoms with Crippen LogP contribution in [0.2, 0.25) is 16.6 Å². The van der Waals surface area contributed by atoms with E-state index >= 15 is 0 Å². The summed E-state index contributed by atoms with van der Waals surface area (Å²) in [7, 11) is 1.42. The molecule has 0 aliphatic carbocycles. The van der Waals surface area contributed by atoms with Gasteiger partial charge in [0.15, 0.2) is 11.6 Å². The zero-order valence-electron chi connectivity index (χ0n) is 18.0. The van der Waals surface area contributed by atoms with Gasteiger partial charge in [-0.1, -0.05) is 65.5 Å². The highest BCUT2D eigenvalue weighted by molar-refractivity contribution is 6.88. The molecule has 1 aromatic rings. The van der Waals surface area contributed by atoms with Gasteiger partial charge in [-0.25, -0.2) is 9.78 Å². The number of carbonyl (C=O) groups excluding carboxylic acids is 1. The topological polar surface area (TPSA) is 61.6 Å². The fourth-order valence-electron chi connectivity index (χ4n) is 3.99. The second kappa shape index (κ2) is 10.6. The molecular formula is C21H35NO4Si. The molecule has 0 unspecified atom stereocenters. The van der Waals surface area contributed by atoms with Crippen LogP contribution in [0.15, 0.2) is 34.6 Å². The number of hydrogen-bond acceptors (Lipinski definition) is 5. The first kappa shape index (κ1) is 23.4. The lowest BCUT2D eigenvalue weighted by atomic mass is 10.2. The second-order valence-corrected chi connectivity index (χ2v) is 13.6. The van der Waals surface area contributed by atoms with Crippen LogP contribution < -0.4 is 0 Å². The summed E-state index contributed by atoms with van der Waals surface area (Å²) in [5.41, 5.74) is 4.70. The molecule has 0 saturated heterocycles. The van der Waals surface area contributed by atoms with Crippen LogP contribution in [0.25, 0.3) is 0 Å². The Morgan fingerprint density at radius 2 is 1.70 bits per heavy atom. The molecule has 152 valence electrons. The lowest BCUT2D eigenvalue weighted by Crippen LogP contribution is -2.42. The Morgan fingerprint density at radius 1 is 1.11 bits per heavy atom. The Labute approximate surface area is 164 Å². The van der Waals surface area contributed by atoms with Crippen LogP contribution in [0.4, 0.5) is 0 Å². The Balaban J connectivity index is 2.84. The van der Waals surface area contributed by atoms with E-state index < -0.39 is 14.0 Å². The number of methoxy groups -OCH3 is 2. The lowest BCUT2D eigenvalue weighted by molar-refractivity contribution is 0.0594. The summed E-state index contributed by atoms with van der Waals surface area (Å²) in [5.74, 6) is -0.0547. The smallest absolute Gasteiger partial charge is 0.360 e. The molecule has 5 nitrogen and oxygen atoms in total. The van der Waals surface area contributed by atoms with E-state index in [1.54, 1.807) is 7.11 Å². The quantitative estimate of drug-likeness (QED) is 0.305. The van der Waals surface area contributed by atoms with E-state index in [0.29, 0.717) is 28.9 Å². The minimum Gasteiger partial charge on any atom is -0.464 e. The number of rotatable bonds is 10. The van der Waals surface area contributed by atoms with Gasteiger partial charge < -0.3 is 13.9 Å². The molecule has 0 bridgehead atoms. The minimum atomic E-state index is -1.55. The van der Waals surface area contributed by atoms with Crippen LogP contribution in [0.1, 0.15) is 57.9 Å². The van der Waals surface area contributed by atoms with Crippen molar-refractivity contribution in [1.82, 2.24) is 4.98 Å². The molecule has 6 heteroatoms. The van der Waals surface area contributed by atoms with Crippen LogP contribution in [0.3, 0.4) is 0 Å². The van der Waals surface area contributed by atoms with Gasteiger partial charge in [0.05, 0.1) is 27.7 Å². The van der Waals surface area contributed by atoms with Crippen LogP contribution in [-0.4, -0.2) is 39.4 Å². The molecule has 0 aromatic carbocycles. The summed E-state index contributed by atoms with van der Waals surface area (Å²) in [4.78, 5) is 15.6. The van der Waals surface area contributed by atoms with Crippen LogP contribution in [-0.2, 0) is 15.9 Å². The minimum absolute atomic E-state index is 0.174. The molecule has 0 fully saturated rings. The first-order valence-electron chi connectivity index (χ1n) is 9.60. The molecule has 1 atom stereocenters. The van der Waals surface area contributed by atoms with Gasteiger partial charge in [-0.05, 0) is 16.6 Å². The van der Waals surface area contributed by atoms with Gasteiger partial charge in [0, 0.05) is 7.11 Å². The molecule has 0 aliphatic rings. The van der Waals surface area contributed by atoms with E-state index in [-0.39, 0.29) is 11.8 Å². The Kier molecular flexibility index (Phi) is 9.19. The predicted octanol–water partition coefficient (Wildman–Crippen LogP) is 5.35. The van der Waals surface area contributed by atoms with E-state index in [1.807, 2.05) is 12.2 Å².